The van der Waals surface area contributed by atoms with Crippen molar-refractivity contribution in [2.75, 3.05) is 26.8 Å². The minimum Gasteiger partial charge on any atom is -0.385 e. The number of ether oxygens (including phenoxy) is 1. The quantitative estimate of drug-likeness (QED) is 0.318. The van der Waals surface area contributed by atoms with Gasteiger partial charge in [-0.25, -0.2) is 4.99 Å². The van der Waals surface area contributed by atoms with Gasteiger partial charge in [0.05, 0.1) is 18.2 Å². The summed E-state index contributed by atoms with van der Waals surface area (Å²) >= 11 is 0. The van der Waals surface area contributed by atoms with E-state index in [1.165, 1.54) is 0 Å². The normalized spacial score (nSPS) is 10.4. The van der Waals surface area contributed by atoms with Gasteiger partial charge in [-0.15, -0.1) is 24.0 Å². The summed E-state index contributed by atoms with van der Waals surface area (Å²) in [5.74, 6) is 0.783. The number of nitrogens with zero attached hydrogens (tertiary/aromatic N) is 2. The lowest BCUT2D eigenvalue weighted by atomic mass is 10.1. The van der Waals surface area contributed by atoms with Crippen molar-refractivity contribution in [1.82, 2.24) is 10.6 Å². The lowest BCUT2D eigenvalue weighted by molar-refractivity contribution is 0.195. The largest absolute Gasteiger partial charge is 0.385 e. The topological polar surface area (TPSA) is 69.4 Å². The monoisotopic (exact) mass is 402 g/mol. The van der Waals surface area contributed by atoms with E-state index >= 15 is 0 Å². The van der Waals surface area contributed by atoms with Crippen molar-refractivity contribution in [3.63, 3.8) is 0 Å². The molecule has 116 valence electrons. The van der Waals surface area contributed by atoms with Crippen molar-refractivity contribution in [3.8, 4) is 6.07 Å². The molecule has 0 saturated carbocycles. The molecule has 0 bridgehead atoms. The molecule has 1 aromatic carbocycles. The van der Waals surface area contributed by atoms with E-state index in [4.69, 9.17) is 10.00 Å². The predicted molar refractivity (Wildman–Crippen MR) is 95.9 cm³/mol. The van der Waals surface area contributed by atoms with Gasteiger partial charge in [-0.1, -0.05) is 12.1 Å². The van der Waals surface area contributed by atoms with Crippen molar-refractivity contribution in [2.24, 2.45) is 4.99 Å². The standard InChI is InChI=1S/C15H22N4O.HI/c1-3-17-15(18-8-5-9-20-2)19-12-14-7-4-6-13(10-14)11-16;/h4,6-7,10H,3,5,8-9,12H2,1-2H3,(H2,17,18,19);1H. The number of methoxy groups -OCH3 is 1. The van der Waals surface area contributed by atoms with Gasteiger partial charge in [0.25, 0.3) is 0 Å². The molecule has 0 radical (unpaired) electrons. The first-order valence-corrected chi connectivity index (χ1v) is 6.80. The second-order valence-corrected chi connectivity index (χ2v) is 4.28. The van der Waals surface area contributed by atoms with Crippen LogP contribution in [0.1, 0.15) is 24.5 Å². The van der Waals surface area contributed by atoms with E-state index in [-0.39, 0.29) is 24.0 Å². The molecular weight excluding hydrogens is 379 g/mol. The van der Waals surface area contributed by atoms with Crippen LogP contribution in [0.5, 0.6) is 0 Å². The third-order valence-electron chi connectivity index (χ3n) is 2.64. The number of rotatable bonds is 7. The summed E-state index contributed by atoms with van der Waals surface area (Å²) in [6, 6.07) is 9.64. The molecule has 0 unspecified atom stereocenters. The van der Waals surface area contributed by atoms with Crippen LogP contribution in [0.15, 0.2) is 29.3 Å². The Bertz CT molecular complexity index is 471. The fourth-order valence-electron chi connectivity index (χ4n) is 1.67. The molecule has 2 N–H and O–H groups in total. The van der Waals surface area contributed by atoms with Gasteiger partial charge in [0, 0.05) is 26.8 Å². The summed E-state index contributed by atoms with van der Waals surface area (Å²) in [4.78, 5) is 4.50. The third-order valence-corrected chi connectivity index (χ3v) is 2.64. The molecule has 0 aliphatic carbocycles. The summed E-state index contributed by atoms with van der Waals surface area (Å²) in [7, 11) is 1.70. The summed E-state index contributed by atoms with van der Waals surface area (Å²) in [5, 5.41) is 15.3. The van der Waals surface area contributed by atoms with Gasteiger partial charge < -0.3 is 15.4 Å². The lowest BCUT2D eigenvalue weighted by Gasteiger charge is -2.11. The Morgan fingerprint density at radius 1 is 1.38 bits per heavy atom. The maximum Gasteiger partial charge on any atom is 0.191 e. The molecular formula is C15H23IN4O. The molecule has 0 aliphatic heterocycles. The summed E-state index contributed by atoms with van der Waals surface area (Å²) in [5.41, 5.74) is 1.69. The van der Waals surface area contributed by atoms with Crippen molar-refractivity contribution in [2.45, 2.75) is 19.9 Å². The van der Waals surface area contributed by atoms with Crippen LogP contribution in [0.4, 0.5) is 0 Å². The molecule has 5 nitrogen and oxygen atoms in total. The minimum atomic E-state index is 0. The van der Waals surface area contributed by atoms with Crippen LogP contribution in [0.25, 0.3) is 0 Å². The van der Waals surface area contributed by atoms with Gasteiger partial charge >= 0.3 is 0 Å². The summed E-state index contributed by atoms with van der Waals surface area (Å²) in [6.07, 6.45) is 0.935. The number of hydrogen-bond acceptors (Lipinski definition) is 3. The number of halogens is 1. The zero-order valence-electron chi connectivity index (χ0n) is 12.6. The van der Waals surface area contributed by atoms with Crippen LogP contribution in [0, 0.1) is 11.3 Å². The summed E-state index contributed by atoms with van der Waals surface area (Å²) in [6.45, 7) is 4.95. The number of nitriles is 1. The third kappa shape index (κ3) is 8.52. The zero-order valence-corrected chi connectivity index (χ0v) is 14.9. The van der Waals surface area contributed by atoms with E-state index in [2.05, 4.69) is 21.7 Å². The van der Waals surface area contributed by atoms with E-state index in [0.29, 0.717) is 12.1 Å². The second kappa shape index (κ2) is 12.4. The molecule has 0 saturated heterocycles. The summed E-state index contributed by atoms with van der Waals surface area (Å²) < 4.78 is 5.01. The Kier molecular flexibility index (Phi) is 11.6. The van der Waals surface area contributed by atoms with Gasteiger partial charge in [0.1, 0.15) is 0 Å². The van der Waals surface area contributed by atoms with Crippen molar-refractivity contribution in [3.05, 3.63) is 35.4 Å². The smallest absolute Gasteiger partial charge is 0.191 e. The molecule has 0 aromatic heterocycles. The Labute approximate surface area is 143 Å². The number of nitrogens with one attached hydrogen (secondary N) is 2. The fourth-order valence-corrected chi connectivity index (χ4v) is 1.67. The molecule has 0 atom stereocenters. The van der Waals surface area contributed by atoms with E-state index < -0.39 is 0 Å². The van der Waals surface area contributed by atoms with Gasteiger partial charge in [-0.2, -0.15) is 5.26 Å². The predicted octanol–water partition coefficient (Wildman–Crippen LogP) is 2.27. The van der Waals surface area contributed by atoms with Crippen molar-refractivity contribution >= 4 is 29.9 Å². The zero-order chi connectivity index (χ0) is 14.6. The molecule has 0 amide bonds. The van der Waals surface area contributed by atoms with Crippen LogP contribution >= 0.6 is 24.0 Å². The highest BCUT2D eigenvalue weighted by atomic mass is 127. The first-order chi connectivity index (χ1) is 9.80. The van der Waals surface area contributed by atoms with Crippen molar-refractivity contribution < 1.29 is 4.74 Å². The maximum absolute atomic E-state index is 8.87. The first-order valence-electron chi connectivity index (χ1n) is 6.80. The molecule has 1 aromatic rings. The minimum absolute atomic E-state index is 0. The Balaban J connectivity index is 0.00000400. The first kappa shape index (κ1) is 19.7. The van der Waals surface area contributed by atoms with E-state index in [1.807, 2.05) is 25.1 Å². The van der Waals surface area contributed by atoms with Gasteiger partial charge in [-0.3, -0.25) is 0 Å². The number of aliphatic imine (C=N–C) groups is 1. The Morgan fingerprint density at radius 2 is 2.19 bits per heavy atom. The van der Waals surface area contributed by atoms with E-state index in [0.717, 1.165) is 37.6 Å². The van der Waals surface area contributed by atoms with E-state index in [9.17, 15) is 0 Å². The molecule has 0 fully saturated rings. The van der Waals surface area contributed by atoms with Crippen LogP contribution in [0.2, 0.25) is 0 Å². The molecule has 0 spiro atoms. The number of benzene rings is 1. The SMILES string of the molecule is CCNC(=NCc1cccc(C#N)c1)NCCCOC.I. The second-order valence-electron chi connectivity index (χ2n) is 4.28. The molecule has 0 heterocycles. The van der Waals surface area contributed by atoms with E-state index in [1.54, 1.807) is 13.2 Å². The number of hydrogen-bond donors (Lipinski definition) is 2. The van der Waals surface area contributed by atoms with Gasteiger partial charge in [0.15, 0.2) is 5.96 Å². The van der Waals surface area contributed by atoms with Gasteiger partial charge in [0.2, 0.25) is 0 Å². The van der Waals surface area contributed by atoms with Crippen LogP contribution in [-0.2, 0) is 11.3 Å². The Morgan fingerprint density at radius 3 is 2.86 bits per heavy atom. The molecule has 21 heavy (non-hydrogen) atoms. The van der Waals surface area contributed by atoms with Crippen LogP contribution in [0.3, 0.4) is 0 Å². The van der Waals surface area contributed by atoms with Crippen molar-refractivity contribution in [1.29, 1.82) is 5.26 Å². The Hall–Kier alpha value is -1.33. The van der Waals surface area contributed by atoms with Gasteiger partial charge in [-0.05, 0) is 31.0 Å². The molecule has 1 rings (SSSR count). The lowest BCUT2D eigenvalue weighted by Crippen LogP contribution is -2.38. The van der Waals surface area contributed by atoms with Crippen LogP contribution in [-0.4, -0.2) is 32.8 Å². The highest BCUT2D eigenvalue weighted by molar-refractivity contribution is 14.0. The highest BCUT2D eigenvalue weighted by Crippen LogP contribution is 2.05. The average molecular weight is 402 g/mol. The number of guanidine groups is 1. The molecule has 6 heteroatoms. The maximum atomic E-state index is 8.87. The average Bonchev–Trinajstić information content (AvgIpc) is 2.49. The molecule has 0 aliphatic rings. The fraction of sp³-hybridized carbons (Fsp3) is 0.467. The highest BCUT2D eigenvalue weighted by Gasteiger charge is 1.98. The van der Waals surface area contributed by atoms with Crippen LogP contribution < -0.4 is 10.6 Å².